The van der Waals surface area contributed by atoms with Crippen molar-refractivity contribution < 1.29 is 13.5 Å². The zero-order valence-electron chi connectivity index (χ0n) is 8.69. The summed E-state index contributed by atoms with van der Waals surface area (Å²) in [5.74, 6) is 0. The van der Waals surface area contributed by atoms with Crippen LogP contribution < -0.4 is 0 Å². The van der Waals surface area contributed by atoms with Crippen LogP contribution in [0, 0.1) is 0 Å². The topological polar surface area (TPSA) is 57.6 Å². The summed E-state index contributed by atoms with van der Waals surface area (Å²) < 4.78 is 23.8. The summed E-state index contributed by atoms with van der Waals surface area (Å²) in [5.41, 5.74) is 0. The summed E-state index contributed by atoms with van der Waals surface area (Å²) in [7, 11) is -3.20. The molecule has 0 aliphatic rings. The molecule has 0 spiro atoms. The Morgan fingerprint density at radius 3 is 2.08 bits per heavy atom. The monoisotopic (exact) mass is 209 g/mol. The molecule has 4 nitrogen and oxygen atoms in total. The summed E-state index contributed by atoms with van der Waals surface area (Å²) in [6, 6.07) is -0.101. The van der Waals surface area contributed by atoms with Gasteiger partial charge in [-0.1, -0.05) is 6.92 Å². The molecule has 80 valence electrons. The minimum absolute atomic E-state index is 0.101. The normalized spacial score (nSPS) is 15.3. The number of aliphatic hydroxyl groups excluding tert-OH is 1. The smallest absolute Gasteiger partial charge is 0.211 e. The highest BCUT2D eigenvalue weighted by atomic mass is 32.2. The van der Waals surface area contributed by atoms with E-state index in [1.165, 1.54) is 4.31 Å². The first-order valence-electron chi connectivity index (χ1n) is 4.44. The maximum absolute atomic E-state index is 11.2. The molecule has 0 aromatic carbocycles. The molecular weight excluding hydrogens is 190 g/mol. The summed E-state index contributed by atoms with van der Waals surface area (Å²) in [5, 5.41) is 9.33. The number of aliphatic hydroxyl groups is 1. The van der Waals surface area contributed by atoms with Gasteiger partial charge in [0.25, 0.3) is 0 Å². The van der Waals surface area contributed by atoms with Crippen molar-refractivity contribution in [3.05, 3.63) is 0 Å². The Morgan fingerprint density at radius 1 is 1.38 bits per heavy atom. The molecular formula is C8H19NO3S. The van der Waals surface area contributed by atoms with Gasteiger partial charge in [-0.2, -0.15) is 4.31 Å². The van der Waals surface area contributed by atoms with Crippen molar-refractivity contribution in [2.75, 3.05) is 12.8 Å². The Balaban J connectivity index is 4.47. The van der Waals surface area contributed by atoms with Crippen molar-refractivity contribution in [2.45, 2.75) is 39.3 Å². The summed E-state index contributed by atoms with van der Waals surface area (Å²) in [6.45, 7) is 5.60. The van der Waals surface area contributed by atoms with Gasteiger partial charge in [-0.05, 0) is 20.3 Å². The number of nitrogens with zero attached hydrogens (tertiary/aromatic N) is 1. The predicted octanol–water partition coefficient (Wildman–Crippen LogP) is 0.427. The third kappa shape index (κ3) is 4.59. The molecule has 0 aliphatic carbocycles. The van der Waals surface area contributed by atoms with Crippen LogP contribution in [0.15, 0.2) is 0 Å². The zero-order valence-corrected chi connectivity index (χ0v) is 9.50. The fourth-order valence-corrected chi connectivity index (χ4v) is 2.27. The lowest BCUT2D eigenvalue weighted by Gasteiger charge is -2.25. The van der Waals surface area contributed by atoms with Crippen LogP contribution in [-0.2, 0) is 10.0 Å². The standard InChI is InChI=1S/C8H19NO3S/c1-5-8(10)6-9(7(2)3)13(4,11)12/h7-8,10H,5-6H2,1-4H3. The van der Waals surface area contributed by atoms with E-state index in [4.69, 9.17) is 0 Å². The lowest BCUT2D eigenvalue weighted by atomic mass is 10.2. The van der Waals surface area contributed by atoms with Gasteiger partial charge < -0.3 is 5.11 Å². The van der Waals surface area contributed by atoms with Crippen molar-refractivity contribution >= 4 is 10.0 Å². The first-order chi connectivity index (χ1) is 5.79. The molecule has 0 aliphatic heterocycles. The van der Waals surface area contributed by atoms with Gasteiger partial charge >= 0.3 is 0 Å². The van der Waals surface area contributed by atoms with Crippen molar-refractivity contribution in [2.24, 2.45) is 0 Å². The van der Waals surface area contributed by atoms with Crippen LogP contribution in [-0.4, -0.2) is 42.8 Å². The Morgan fingerprint density at radius 2 is 1.85 bits per heavy atom. The van der Waals surface area contributed by atoms with E-state index in [0.29, 0.717) is 6.42 Å². The zero-order chi connectivity index (χ0) is 10.6. The average molecular weight is 209 g/mol. The largest absolute Gasteiger partial charge is 0.392 e. The number of rotatable bonds is 5. The van der Waals surface area contributed by atoms with E-state index in [2.05, 4.69) is 0 Å². The molecule has 13 heavy (non-hydrogen) atoms. The molecule has 1 atom stereocenters. The number of hydrogen-bond donors (Lipinski definition) is 1. The predicted molar refractivity (Wildman–Crippen MR) is 53.0 cm³/mol. The Kier molecular flexibility index (Phi) is 4.88. The second-order valence-electron chi connectivity index (χ2n) is 3.49. The van der Waals surface area contributed by atoms with Crippen LogP contribution in [0.4, 0.5) is 0 Å². The van der Waals surface area contributed by atoms with Crippen LogP contribution >= 0.6 is 0 Å². The molecule has 0 heterocycles. The second-order valence-corrected chi connectivity index (χ2v) is 5.42. The summed E-state index contributed by atoms with van der Waals surface area (Å²) in [6.07, 6.45) is 1.16. The quantitative estimate of drug-likeness (QED) is 0.714. The molecule has 0 aromatic rings. The van der Waals surface area contributed by atoms with E-state index in [1.54, 1.807) is 13.8 Å². The van der Waals surface area contributed by atoms with Gasteiger partial charge in [0, 0.05) is 12.6 Å². The molecule has 0 radical (unpaired) electrons. The van der Waals surface area contributed by atoms with Gasteiger partial charge in [0.15, 0.2) is 0 Å². The molecule has 1 N–H and O–H groups in total. The van der Waals surface area contributed by atoms with E-state index in [9.17, 15) is 13.5 Å². The molecule has 0 fully saturated rings. The third-order valence-electron chi connectivity index (χ3n) is 1.86. The fraction of sp³-hybridized carbons (Fsp3) is 1.00. The first kappa shape index (κ1) is 12.9. The number of hydrogen-bond acceptors (Lipinski definition) is 3. The molecule has 0 saturated heterocycles. The highest BCUT2D eigenvalue weighted by Gasteiger charge is 2.22. The average Bonchev–Trinajstić information content (AvgIpc) is 1.96. The van der Waals surface area contributed by atoms with Crippen molar-refractivity contribution in [3.8, 4) is 0 Å². The van der Waals surface area contributed by atoms with Crippen molar-refractivity contribution in [3.63, 3.8) is 0 Å². The van der Waals surface area contributed by atoms with Gasteiger partial charge in [0.05, 0.1) is 12.4 Å². The Labute approximate surface area is 80.6 Å². The third-order valence-corrected chi connectivity index (χ3v) is 3.29. The Hall–Kier alpha value is -0.130. The molecule has 0 aromatic heterocycles. The molecule has 0 saturated carbocycles. The van der Waals surface area contributed by atoms with E-state index in [0.717, 1.165) is 6.26 Å². The number of sulfonamides is 1. The first-order valence-corrected chi connectivity index (χ1v) is 6.28. The van der Waals surface area contributed by atoms with Crippen LogP contribution in [0.3, 0.4) is 0 Å². The molecule has 0 bridgehead atoms. The lowest BCUT2D eigenvalue weighted by Crippen LogP contribution is -2.41. The Bertz CT molecular complexity index is 236. The molecule has 0 amide bonds. The highest BCUT2D eigenvalue weighted by molar-refractivity contribution is 7.88. The minimum atomic E-state index is -3.20. The highest BCUT2D eigenvalue weighted by Crippen LogP contribution is 2.07. The summed E-state index contributed by atoms with van der Waals surface area (Å²) >= 11 is 0. The maximum atomic E-state index is 11.2. The SMILES string of the molecule is CCC(O)CN(C(C)C)S(C)(=O)=O. The summed E-state index contributed by atoms with van der Waals surface area (Å²) in [4.78, 5) is 0. The van der Waals surface area contributed by atoms with Crippen LogP contribution in [0.25, 0.3) is 0 Å². The van der Waals surface area contributed by atoms with Gasteiger partial charge in [-0.15, -0.1) is 0 Å². The van der Waals surface area contributed by atoms with Crippen molar-refractivity contribution in [1.82, 2.24) is 4.31 Å². The molecule has 1 unspecified atom stereocenters. The minimum Gasteiger partial charge on any atom is -0.392 e. The van der Waals surface area contributed by atoms with E-state index in [1.807, 2.05) is 6.92 Å². The lowest BCUT2D eigenvalue weighted by molar-refractivity contribution is 0.133. The van der Waals surface area contributed by atoms with Gasteiger partial charge in [0.1, 0.15) is 0 Å². The molecule has 5 heteroatoms. The maximum Gasteiger partial charge on any atom is 0.211 e. The van der Waals surface area contributed by atoms with Crippen LogP contribution in [0.5, 0.6) is 0 Å². The van der Waals surface area contributed by atoms with E-state index >= 15 is 0 Å². The molecule has 0 rings (SSSR count). The van der Waals surface area contributed by atoms with E-state index < -0.39 is 16.1 Å². The van der Waals surface area contributed by atoms with Gasteiger partial charge in [-0.3, -0.25) is 0 Å². The van der Waals surface area contributed by atoms with Gasteiger partial charge in [0.2, 0.25) is 10.0 Å². The van der Waals surface area contributed by atoms with Gasteiger partial charge in [-0.25, -0.2) is 8.42 Å². The van der Waals surface area contributed by atoms with E-state index in [-0.39, 0.29) is 12.6 Å². The van der Waals surface area contributed by atoms with Crippen LogP contribution in [0.2, 0.25) is 0 Å². The van der Waals surface area contributed by atoms with Crippen LogP contribution in [0.1, 0.15) is 27.2 Å². The second kappa shape index (κ2) is 4.93. The van der Waals surface area contributed by atoms with Crippen molar-refractivity contribution in [1.29, 1.82) is 0 Å². The fourth-order valence-electron chi connectivity index (χ4n) is 1.07.